The van der Waals surface area contributed by atoms with Gasteiger partial charge in [0.15, 0.2) is 10.8 Å². The van der Waals surface area contributed by atoms with E-state index in [1.54, 1.807) is 0 Å². The number of carbonyl (C=O) groups excluding carboxylic acids is 1. The molecule has 1 saturated heterocycles. The number of nitrogens with zero attached hydrogens (tertiary/aromatic N) is 1. The molecule has 0 bridgehead atoms. The number of alkyl halides is 3. The van der Waals surface area contributed by atoms with Gasteiger partial charge in [0.1, 0.15) is 0 Å². The molecule has 106 valence electrons. The van der Waals surface area contributed by atoms with Crippen molar-refractivity contribution in [1.29, 1.82) is 0 Å². The fourth-order valence-corrected chi connectivity index (χ4v) is 3.26. The van der Waals surface area contributed by atoms with Crippen LogP contribution in [0.2, 0.25) is 0 Å². The third-order valence-electron chi connectivity index (χ3n) is 3.69. The molecule has 0 unspecified atom stereocenters. The van der Waals surface area contributed by atoms with Crippen molar-refractivity contribution in [3.63, 3.8) is 0 Å². The van der Waals surface area contributed by atoms with Crippen LogP contribution < -0.4 is 5.32 Å². The zero-order valence-electron chi connectivity index (χ0n) is 10.5. The summed E-state index contributed by atoms with van der Waals surface area (Å²) in [6.45, 7) is 3.37. The second-order valence-electron chi connectivity index (χ2n) is 4.74. The Kier molecular flexibility index (Phi) is 3.96. The molecule has 1 fully saturated rings. The number of nitrogens with one attached hydrogen (secondary N) is 1. The van der Waals surface area contributed by atoms with E-state index in [-0.39, 0.29) is 10.7 Å². The number of ketones is 1. The summed E-state index contributed by atoms with van der Waals surface area (Å²) in [4.78, 5) is 15.9. The lowest BCUT2D eigenvalue weighted by Crippen LogP contribution is -2.41. The van der Waals surface area contributed by atoms with Gasteiger partial charge in [-0.15, -0.1) is 11.3 Å². The van der Waals surface area contributed by atoms with E-state index in [9.17, 15) is 18.0 Å². The van der Waals surface area contributed by atoms with Gasteiger partial charge in [-0.1, -0.05) is 6.92 Å². The van der Waals surface area contributed by atoms with Crippen LogP contribution in [0.15, 0.2) is 6.20 Å². The first-order chi connectivity index (χ1) is 8.89. The van der Waals surface area contributed by atoms with Gasteiger partial charge in [-0.3, -0.25) is 4.79 Å². The standard InChI is InChI=1S/C12H15F3N2OS/c1-2-11(3-5-16-6-4-11)9(18)8-7-17-10(19-8)12(13,14)15/h7,16H,2-6H2,1H3. The van der Waals surface area contributed by atoms with E-state index in [1.807, 2.05) is 6.92 Å². The first-order valence-corrected chi connectivity index (χ1v) is 6.99. The highest BCUT2D eigenvalue weighted by atomic mass is 32.1. The highest BCUT2D eigenvalue weighted by molar-refractivity contribution is 7.13. The zero-order valence-corrected chi connectivity index (χ0v) is 11.3. The van der Waals surface area contributed by atoms with Gasteiger partial charge in [-0.25, -0.2) is 4.98 Å². The maximum atomic E-state index is 12.5. The Labute approximate surface area is 113 Å². The number of halogens is 3. The lowest BCUT2D eigenvalue weighted by atomic mass is 9.73. The molecule has 0 atom stereocenters. The van der Waals surface area contributed by atoms with E-state index >= 15 is 0 Å². The third-order valence-corrected chi connectivity index (χ3v) is 4.73. The van der Waals surface area contributed by atoms with Gasteiger partial charge in [-0.2, -0.15) is 13.2 Å². The predicted molar refractivity (Wildman–Crippen MR) is 66.3 cm³/mol. The molecule has 1 aromatic heterocycles. The molecule has 0 radical (unpaired) electrons. The number of rotatable bonds is 3. The number of piperidine rings is 1. The molecule has 0 spiro atoms. The lowest BCUT2D eigenvalue weighted by Gasteiger charge is -2.34. The summed E-state index contributed by atoms with van der Waals surface area (Å²) in [6, 6.07) is 0. The van der Waals surface area contributed by atoms with E-state index in [2.05, 4.69) is 10.3 Å². The molecule has 0 amide bonds. The monoisotopic (exact) mass is 292 g/mol. The predicted octanol–water partition coefficient (Wildman–Crippen LogP) is 3.12. The van der Waals surface area contributed by atoms with Crippen LogP contribution in [-0.4, -0.2) is 23.9 Å². The molecular formula is C12H15F3N2OS. The van der Waals surface area contributed by atoms with Gasteiger partial charge in [0.05, 0.1) is 4.88 Å². The normalized spacial score (nSPS) is 19.4. The summed E-state index contributed by atoms with van der Waals surface area (Å²) in [5, 5.41) is 2.22. The highest BCUT2D eigenvalue weighted by Crippen LogP contribution is 2.39. The molecule has 1 aliphatic rings. The van der Waals surface area contributed by atoms with Crippen LogP contribution in [0.4, 0.5) is 13.2 Å². The Hall–Kier alpha value is -0.950. The largest absolute Gasteiger partial charge is 0.443 e. The summed E-state index contributed by atoms with van der Waals surface area (Å²) in [5.41, 5.74) is -0.527. The molecular weight excluding hydrogens is 277 g/mol. The molecule has 0 aromatic carbocycles. The van der Waals surface area contributed by atoms with E-state index in [0.717, 1.165) is 19.3 Å². The Morgan fingerprint density at radius 3 is 2.58 bits per heavy atom. The minimum absolute atomic E-state index is 0.121. The van der Waals surface area contributed by atoms with E-state index in [4.69, 9.17) is 0 Å². The van der Waals surface area contributed by atoms with Gasteiger partial charge in [0.2, 0.25) is 0 Å². The third kappa shape index (κ3) is 2.81. The number of Topliss-reactive ketones (excluding diaryl/α,β-unsaturated/α-hetero) is 1. The maximum Gasteiger partial charge on any atom is 0.443 e. The van der Waals surface area contributed by atoms with Crippen molar-refractivity contribution in [3.8, 4) is 0 Å². The van der Waals surface area contributed by atoms with Gasteiger partial charge in [0.25, 0.3) is 0 Å². The van der Waals surface area contributed by atoms with Gasteiger partial charge >= 0.3 is 6.18 Å². The second kappa shape index (κ2) is 5.20. The van der Waals surface area contributed by atoms with Crippen LogP contribution in [-0.2, 0) is 6.18 Å². The fraction of sp³-hybridized carbons (Fsp3) is 0.667. The lowest BCUT2D eigenvalue weighted by molar-refractivity contribution is -0.137. The molecule has 2 rings (SSSR count). The molecule has 7 heteroatoms. The molecule has 1 aliphatic heterocycles. The Morgan fingerprint density at radius 2 is 2.11 bits per heavy atom. The van der Waals surface area contributed by atoms with Gasteiger partial charge in [0, 0.05) is 11.6 Å². The average molecular weight is 292 g/mol. The van der Waals surface area contributed by atoms with Crippen LogP contribution in [0.5, 0.6) is 0 Å². The number of thiazole rings is 1. The number of carbonyl (C=O) groups is 1. The molecule has 2 heterocycles. The van der Waals surface area contributed by atoms with E-state index in [0.29, 0.717) is 30.6 Å². The quantitative estimate of drug-likeness (QED) is 0.870. The summed E-state index contributed by atoms with van der Waals surface area (Å²) in [6.07, 6.45) is -1.43. The molecule has 1 aromatic rings. The molecule has 3 nitrogen and oxygen atoms in total. The SMILES string of the molecule is CCC1(C(=O)c2cnc(C(F)(F)F)s2)CCNCC1. The average Bonchev–Trinajstić information content (AvgIpc) is 2.88. The van der Waals surface area contributed by atoms with Crippen molar-refractivity contribution >= 4 is 17.1 Å². The molecule has 0 saturated carbocycles. The molecule has 0 aliphatic carbocycles. The number of aromatic nitrogens is 1. The van der Waals surface area contributed by atoms with Crippen LogP contribution in [0.1, 0.15) is 40.9 Å². The van der Waals surface area contributed by atoms with Crippen LogP contribution in [0, 0.1) is 5.41 Å². The van der Waals surface area contributed by atoms with Gasteiger partial charge < -0.3 is 5.32 Å². The minimum Gasteiger partial charge on any atom is -0.317 e. The highest BCUT2D eigenvalue weighted by Gasteiger charge is 2.41. The van der Waals surface area contributed by atoms with E-state index in [1.165, 1.54) is 0 Å². The zero-order chi connectivity index (χ0) is 14.1. The topological polar surface area (TPSA) is 42.0 Å². The second-order valence-corrected chi connectivity index (χ2v) is 5.77. The van der Waals surface area contributed by atoms with Crippen LogP contribution in [0.25, 0.3) is 0 Å². The van der Waals surface area contributed by atoms with Crippen LogP contribution in [0.3, 0.4) is 0 Å². The fourth-order valence-electron chi connectivity index (χ4n) is 2.42. The first-order valence-electron chi connectivity index (χ1n) is 6.17. The van der Waals surface area contributed by atoms with Crippen molar-refractivity contribution in [1.82, 2.24) is 10.3 Å². The molecule has 1 N–H and O–H groups in total. The smallest absolute Gasteiger partial charge is 0.317 e. The molecule has 19 heavy (non-hydrogen) atoms. The summed E-state index contributed by atoms with van der Waals surface area (Å²) >= 11 is 0.449. The van der Waals surface area contributed by atoms with Crippen molar-refractivity contribution in [3.05, 3.63) is 16.1 Å². The number of hydrogen-bond acceptors (Lipinski definition) is 4. The van der Waals surface area contributed by atoms with Crippen LogP contribution >= 0.6 is 11.3 Å². The Bertz CT molecular complexity index is 464. The van der Waals surface area contributed by atoms with Crippen molar-refractivity contribution < 1.29 is 18.0 Å². The van der Waals surface area contributed by atoms with Crippen molar-refractivity contribution in [2.45, 2.75) is 32.4 Å². The minimum atomic E-state index is -4.48. The summed E-state index contributed by atoms with van der Waals surface area (Å²) < 4.78 is 37.5. The Balaban J connectivity index is 2.25. The van der Waals surface area contributed by atoms with E-state index < -0.39 is 16.6 Å². The summed E-state index contributed by atoms with van der Waals surface area (Å²) in [5.74, 6) is -0.190. The summed E-state index contributed by atoms with van der Waals surface area (Å²) in [7, 11) is 0. The first kappa shape index (κ1) is 14.5. The maximum absolute atomic E-state index is 12.5. The van der Waals surface area contributed by atoms with Gasteiger partial charge in [-0.05, 0) is 32.4 Å². The number of hydrogen-bond donors (Lipinski definition) is 1. The van der Waals surface area contributed by atoms with Crippen molar-refractivity contribution in [2.75, 3.05) is 13.1 Å². The van der Waals surface area contributed by atoms with Crippen molar-refractivity contribution in [2.24, 2.45) is 5.41 Å². The Morgan fingerprint density at radius 1 is 1.47 bits per heavy atom.